The Morgan fingerprint density at radius 2 is 1.12 bits per heavy atom. The molecule has 0 saturated heterocycles. The van der Waals surface area contributed by atoms with E-state index in [-0.39, 0.29) is 5.54 Å². The summed E-state index contributed by atoms with van der Waals surface area (Å²) < 4.78 is 0. The number of hydrogen-bond donors (Lipinski definition) is 0. The van der Waals surface area contributed by atoms with Gasteiger partial charge in [-0.25, -0.2) is 0 Å². The van der Waals surface area contributed by atoms with E-state index in [0.29, 0.717) is 0 Å². The molecule has 1 atom stereocenters. The van der Waals surface area contributed by atoms with Crippen LogP contribution in [-0.2, 0) is 5.41 Å². The molecule has 4 aliphatic rings. The topological polar surface area (TPSA) is 6.48 Å². The molecule has 0 fully saturated rings. The molecule has 0 aliphatic heterocycles. The largest absolute Gasteiger partial charge is 0.338 e. The highest BCUT2D eigenvalue weighted by molar-refractivity contribution is 6.01. The number of fused-ring (bicyclic) bond motifs is 12. The molecule has 60 heavy (non-hydrogen) atoms. The van der Waals surface area contributed by atoms with Crippen LogP contribution in [0.1, 0.15) is 61.3 Å². The maximum atomic E-state index is 2.77. The summed E-state index contributed by atoms with van der Waals surface area (Å²) in [5.41, 5.74) is 16.3. The Hall–Kier alpha value is -6.90. The molecule has 4 aliphatic carbocycles. The number of rotatable bonds is 6. The van der Waals surface area contributed by atoms with E-state index in [4.69, 9.17) is 0 Å². The zero-order chi connectivity index (χ0) is 39.8. The molecule has 0 N–H and O–H groups in total. The molecule has 0 amide bonds. The molecule has 8 aromatic rings. The lowest BCUT2D eigenvalue weighted by molar-refractivity contribution is 0.416. The SMILES string of the molecule is CC1(N(C2=c3ccccc3=CCC2)c2ccc3c(c2)C2(c4ccccc4-c4ccccc42)c2cc(N(c4ccccc4)c4cccc5ccccc45)ccc2-3)CC=CCC1. The predicted molar refractivity (Wildman–Crippen MR) is 252 cm³/mol. The van der Waals surface area contributed by atoms with Gasteiger partial charge < -0.3 is 9.80 Å². The maximum Gasteiger partial charge on any atom is 0.0727 e. The van der Waals surface area contributed by atoms with Gasteiger partial charge in [0.2, 0.25) is 0 Å². The van der Waals surface area contributed by atoms with E-state index in [0.717, 1.165) is 43.5 Å². The summed E-state index contributed by atoms with van der Waals surface area (Å²) in [6, 6.07) is 68.6. The van der Waals surface area contributed by atoms with E-state index in [2.05, 4.69) is 217 Å². The lowest BCUT2D eigenvalue weighted by Crippen LogP contribution is -2.49. The number of nitrogens with zero attached hydrogens (tertiary/aromatic N) is 2. The minimum absolute atomic E-state index is 0.0608. The van der Waals surface area contributed by atoms with Gasteiger partial charge in [-0.3, -0.25) is 0 Å². The summed E-state index contributed by atoms with van der Waals surface area (Å²) in [4.78, 5) is 5.24. The molecule has 1 spiro atoms. The van der Waals surface area contributed by atoms with Crippen molar-refractivity contribution in [2.24, 2.45) is 0 Å². The average molecular weight is 771 g/mol. The Kier molecular flexibility index (Phi) is 7.94. The highest BCUT2D eigenvalue weighted by Gasteiger charge is 2.52. The molecule has 0 radical (unpaired) electrons. The fourth-order valence-corrected chi connectivity index (χ4v) is 11.4. The molecule has 0 saturated carbocycles. The van der Waals surface area contributed by atoms with Crippen LogP contribution >= 0.6 is 0 Å². The van der Waals surface area contributed by atoms with Crippen molar-refractivity contribution < 1.29 is 0 Å². The van der Waals surface area contributed by atoms with Crippen molar-refractivity contribution >= 4 is 45.3 Å². The van der Waals surface area contributed by atoms with Gasteiger partial charge >= 0.3 is 0 Å². The Balaban J connectivity index is 1.14. The van der Waals surface area contributed by atoms with Crippen LogP contribution in [0.5, 0.6) is 0 Å². The fourth-order valence-electron chi connectivity index (χ4n) is 11.4. The first-order valence-electron chi connectivity index (χ1n) is 21.7. The standard InChI is InChI=1S/C58H46N2/c1-57(36-14-3-15-37-57)60(56-31-17-21-41-19-7-9-25-46(41)56)44-33-35-50-49-34-32-43(59(42-22-4-2-5-23-42)55-30-16-20-40-18-6-8-24-45(40)55)38-53(49)58(54(50)39-44)51-28-12-10-26-47(51)48-27-11-13-29-52(48)58/h2-14,16,18-30,32-35,38-39H,15,17,31,36-37H2,1H3. The first-order valence-corrected chi connectivity index (χ1v) is 21.7. The van der Waals surface area contributed by atoms with Gasteiger partial charge in [0.15, 0.2) is 0 Å². The third-order valence-corrected chi connectivity index (χ3v) is 14.0. The summed E-state index contributed by atoms with van der Waals surface area (Å²) >= 11 is 0. The predicted octanol–water partition coefficient (Wildman–Crippen LogP) is 13.3. The number of allylic oxidation sites excluding steroid dienone is 1. The van der Waals surface area contributed by atoms with Crippen molar-refractivity contribution in [2.75, 3.05) is 9.80 Å². The molecule has 2 heteroatoms. The minimum Gasteiger partial charge on any atom is -0.338 e. The molecular formula is C58H46N2. The van der Waals surface area contributed by atoms with Crippen molar-refractivity contribution in [1.82, 2.24) is 0 Å². The van der Waals surface area contributed by atoms with E-state index in [1.807, 2.05) is 0 Å². The van der Waals surface area contributed by atoms with E-state index < -0.39 is 5.41 Å². The van der Waals surface area contributed by atoms with Crippen LogP contribution < -0.4 is 20.2 Å². The van der Waals surface area contributed by atoms with E-state index in [1.165, 1.54) is 82.8 Å². The number of benzene rings is 8. The lowest BCUT2D eigenvalue weighted by atomic mass is 9.70. The highest BCUT2D eigenvalue weighted by Crippen LogP contribution is 2.64. The maximum absolute atomic E-state index is 2.77. The van der Waals surface area contributed by atoms with Gasteiger partial charge in [0.1, 0.15) is 0 Å². The van der Waals surface area contributed by atoms with Gasteiger partial charge in [0.25, 0.3) is 0 Å². The van der Waals surface area contributed by atoms with Crippen molar-refractivity contribution in [3.8, 4) is 22.3 Å². The molecule has 0 aromatic heterocycles. The Bertz CT molecular complexity index is 3120. The second-order valence-corrected chi connectivity index (χ2v) is 17.3. The van der Waals surface area contributed by atoms with Crippen molar-refractivity contribution in [1.29, 1.82) is 0 Å². The normalized spacial score (nSPS) is 17.6. The summed E-state index contributed by atoms with van der Waals surface area (Å²) in [5.74, 6) is 0. The summed E-state index contributed by atoms with van der Waals surface area (Å²) in [6.07, 6.45) is 12.5. The highest BCUT2D eigenvalue weighted by atomic mass is 15.2. The molecule has 2 nitrogen and oxygen atoms in total. The molecule has 12 rings (SSSR count). The van der Waals surface area contributed by atoms with Crippen LogP contribution in [0.4, 0.5) is 22.7 Å². The van der Waals surface area contributed by atoms with Gasteiger partial charge in [0, 0.05) is 38.9 Å². The van der Waals surface area contributed by atoms with Crippen molar-refractivity contribution in [2.45, 2.75) is 50.0 Å². The summed E-state index contributed by atoms with van der Waals surface area (Å²) in [6.45, 7) is 2.50. The van der Waals surface area contributed by atoms with E-state index >= 15 is 0 Å². The molecule has 288 valence electrons. The Morgan fingerprint density at radius 3 is 1.88 bits per heavy atom. The number of anilines is 4. The zero-order valence-corrected chi connectivity index (χ0v) is 34.0. The first kappa shape index (κ1) is 35.1. The van der Waals surface area contributed by atoms with Gasteiger partial charge in [0.05, 0.1) is 11.1 Å². The van der Waals surface area contributed by atoms with Gasteiger partial charge in [-0.1, -0.05) is 158 Å². The van der Waals surface area contributed by atoms with Crippen LogP contribution in [-0.4, -0.2) is 5.54 Å². The fraction of sp³-hybridized carbons (Fsp3) is 0.138. The van der Waals surface area contributed by atoms with Crippen LogP contribution in [0.2, 0.25) is 0 Å². The summed E-state index contributed by atoms with van der Waals surface area (Å²) in [5, 5.41) is 5.18. The lowest BCUT2D eigenvalue weighted by Gasteiger charge is -2.46. The van der Waals surface area contributed by atoms with E-state index in [1.54, 1.807) is 0 Å². The molecule has 8 aromatic carbocycles. The Morgan fingerprint density at radius 1 is 0.483 bits per heavy atom. The second kappa shape index (κ2) is 13.6. The van der Waals surface area contributed by atoms with Crippen molar-refractivity contribution in [3.05, 3.63) is 227 Å². The number of hydrogen-bond acceptors (Lipinski definition) is 2. The third-order valence-electron chi connectivity index (χ3n) is 14.0. The monoisotopic (exact) mass is 770 g/mol. The quantitative estimate of drug-likeness (QED) is 0.155. The number of para-hydroxylation sites is 1. The van der Waals surface area contributed by atoms with Crippen molar-refractivity contribution in [3.63, 3.8) is 0 Å². The summed E-state index contributed by atoms with van der Waals surface area (Å²) in [7, 11) is 0. The first-order chi connectivity index (χ1) is 29.6. The minimum atomic E-state index is -0.507. The van der Waals surface area contributed by atoms with Crippen LogP contribution in [0.3, 0.4) is 0 Å². The average Bonchev–Trinajstić information content (AvgIpc) is 3.77. The zero-order valence-electron chi connectivity index (χ0n) is 34.0. The Labute approximate surface area is 352 Å². The van der Waals surface area contributed by atoms with Crippen LogP contribution in [0.15, 0.2) is 194 Å². The molecular weight excluding hydrogens is 725 g/mol. The second-order valence-electron chi connectivity index (χ2n) is 17.3. The third kappa shape index (κ3) is 5.07. The molecule has 0 bridgehead atoms. The van der Waals surface area contributed by atoms with Gasteiger partial charge in [-0.2, -0.15) is 0 Å². The van der Waals surface area contributed by atoms with Crippen LogP contribution in [0, 0.1) is 0 Å². The van der Waals surface area contributed by atoms with Gasteiger partial charge in [-0.15, -0.1) is 0 Å². The molecule has 0 heterocycles. The van der Waals surface area contributed by atoms with Crippen LogP contribution in [0.25, 0.3) is 44.8 Å². The van der Waals surface area contributed by atoms with E-state index in [9.17, 15) is 0 Å². The molecule has 1 unspecified atom stereocenters. The smallest absolute Gasteiger partial charge is 0.0727 e. The van der Waals surface area contributed by atoms with Gasteiger partial charge in [-0.05, 0) is 137 Å².